The number of hydrogen-bond acceptors (Lipinski definition) is 4. The van der Waals surface area contributed by atoms with Crippen LogP contribution in [0.15, 0.2) is 42.0 Å². The van der Waals surface area contributed by atoms with Crippen LogP contribution < -0.4 is 5.32 Å². The number of benzene rings is 1. The predicted octanol–water partition coefficient (Wildman–Crippen LogP) is 8.10. The van der Waals surface area contributed by atoms with Gasteiger partial charge in [0.25, 0.3) is 0 Å². The Balaban J connectivity index is 0.00000182. The van der Waals surface area contributed by atoms with Crippen molar-refractivity contribution in [2.24, 2.45) is 34.0 Å². The number of aryl methyl sites for hydroxylation is 1. The second-order valence-corrected chi connectivity index (χ2v) is 16.7. The van der Waals surface area contributed by atoms with Gasteiger partial charge in [-0.25, -0.2) is 0 Å². The highest BCUT2D eigenvalue weighted by molar-refractivity contribution is 5.76. The van der Waals surface area contributed by atoms with Gasteiger partial charge in [-0.3, -0.25) is 9.69 Å². The number of nitrogens with zero attached hydrogens (tertiary/aromatic N) is 1. The van der Waals surface area contributed by atoms with E-state index in [-0.39, 0.29) is 28.4 Å². The van der Waals surface area contributed by atoms with Crippen LogP contribution in [0.2, 0.25) is 0 Å². The fourth-order valence-corrected chi connectivity index (χ4v) is 11.5. The molecule has 5 fully saturated rings. The zero-order valence-electron chi connectivity index (χ0n) is 30.0. The topological polar surface area (TPSA) is 61.8 Å². The molecule has 3 saturated carbocycles. The minimum Gasteiger partial charge on any atom is -0.393 e. The Bertz CT molecular complexity index is 1250. The molecule has 5 heteroatoms. The van der Waals surface area contributed by atoms with Gasteiger partial charge in [0.15, 0.2) is 0 Å². The van der Waals surface area contributed by atoms with E-state index in [0.29, 0.717) is 29.9 Å². The van der Waals surface area contributed by atoms with Crippen LogP contribution in [-0.4, -0.2) is 59.4 Å². The highest BCUT2D eigenvalue weighted by Gasteiger charge is 2.79. The summed E-state index contributed by atoms with van der Waals surface area (Å²) in [5.74, 6) is 2.25. The van der Waals surface area contributed by atoms with Gasteiger partial charge in [-0.2, -0.15) is 0 Å². The smallest absolute Gasteiger partial charge is 0.220 e. The average molecular weight is 633 g/mol. The van der Waals surface area contributed by atoms with Crippen LogP contribution in [0.25, 0.3) is 0 Å². The fraction of sp³-hybridized carbons (Fsp3) is 0.780. The quantitative estimate of drug-likeness (QED) is 0.284. The molecule has 2 N–H and O–H groups in total. The van der Waals surface area contributed by atoms with Crippen LogP contribution in [0.4, 0.5) is 0 Å². The molecule has 7 rings (SSSR count). The van der Waals surface area contributed by atoms with Gasteiger partial charge in [0.1, 0.15) is 0 Å². The molecular weight excluding hydrogens is 568 g/mol. The molecule has 6 aliphatic rings. The van der Waals surface area contributed by atoms with E-state index in [1.54, 1.807) is 5.57 Å². The number of ether oxygens (including phenoxy) is 1. The number of carbonyl (C=O) groups excluding carboxylic acids is 1. The van der Waals surface area contributed by atoms with Crippen LogP contribution in [0.3, 0.4) is 0 Å². The van der Waals surface area contributed by atoms with Crippen molar-refractivity contribution in [2.75, 3.05) is 19.6 Å². The van der Waals surface area contributed by atoms with E-state index in [9.17, 15) is 9.90 Å². The van der Waals surface area contributed by atoms with Gasteiger partial charge < -0.3 is 15.2 Å². The summed E-state index contributed by atoms with van der Waals surface area (Å²) in [5, 5.41) is 13.7. The summed E-state index contributed by atoms with van der Waals surface area (Å²) >= 11 is 0. The molecular formula is C41H64N2O3. The summed E-state index contributed by atoms with van der Waals surface area (Å²) in [6.45, 7) is 16.8. The number of fused-ring (bicyclic) bond motifs is 4. The van der Waals surface area contributed by atoms with E-state index in [0.717, 1.165) is 63.6 Å². The summed E-state index contributed by atoms with van der Waals surface area (Å²) in [6.07, 6.45) is 17.0. The van der Waals surface area contributed by atoms with Gasteiger partial charge in [-0.05, 0) is 111 Å². The molecule has 1 aromatic rings. The van der Waals surface area contributed by atoms with Gasteiger partial charge in [0.2, 0.25) is 5.91 Å². The number of rotatable bonds is 8. The van der Waals surface area contributed by atoms with Gasteiger partial charge in [-0.1, -0.05) is 83.5 Å². The summed E-state index contributed by atoms with van der Waals surface area (Å²) in [7, 11) is 0. The number of nitrogens with one attached hydrogen (secondary N) is 1. The molecule has 1 spiro atoms. The molecule has 0 aromatic heterocycles. The van der Waals surface area contributed by atoms with Crippen molar-refractivity contribution >= 4 is 5.91 Å². The first-order valence-corrected chi connectivity index (χ1v) is 19.2. The molecule has 10 atom stereocenters. The average Bonchev–Trinajstić information content (AvgIpc) is 3.52. The van der Waals surface area contributed by atoms with Crippen LogP contribution in [-0.2, 0) is 16.0 Å². The molecule has 2 heterocycles. The third kappa shape index (κ3) is 5.93. The Morgan fingerprint density at radius 3 is 2.65 bits per heavy atom. The Labute approximate surface area is 280 Å². The zero-order chi connectivity index (χ0) is 32.7. The minimum atomic E-state index is -0.141. The monoisotopic (exact) mass is 632 g/mol. The van der Waals surface area contributed by atoms with Crippen molar-refractivity contribution in [3.63, 3.8) is 0 Å². The Kier molecular flexibility index (Phi) is 9.89. The molecule has 0 radical (unpaired) electrons. The maximum Gasteiger partial charge on any atom is 0.220 e. The molecule has 0 bridgehead atoms. The van der Waals surface area contributed by atoms with Gasteiger partial charge in [0, 0.05) is 37.5 Å². The molecule has 1 amide bonds. The molecule has 5 nitrogen and oxygen atoms in total. The van der Waals surface area contributed by atoms with E-state index >= 15 is 0 Å². The molecule has 2 saturated heterocycles. The van der Waals surface area contributed by atoms with Crippen LogP contribution >= 0.6 is 0 Å². The lowest BCUT2D eigenvalue weighted by Crippen LogP contribution is -2.51. The van der Waals surface area contributed by atoms with E-state index in [4.69, 9.17) is 4.74 Å². The largest absolute Gasteiger partial charge is 0.393 e. The zero-order valence-corrected chi connectivity index (χ0v) is 30.0. The molecule has 2 aliphatic heterocycles. The summed E-state index contributed by atoms with van der Waals surface area (Å²) in [6, 6.07) is 10.8. The maximum absolute atomic E-state index is 12.7. The maximum atomic E-state index is 12.7. The number of allylic oxidation sites excluding steroid dienone is 1. The lowest BCUT2D eigenvalue weighted by atomic mass is 9.54. The van der Waals surface area contributed by atoms with Crippen LogP contribution in [0.5, 0.6) is 0 Å². The number of aliphatic hydroxyl groups is 1. The summed E-state index contributed by atoms with van der Waals surface area (Å²) in [4.78, 5) is 15.4. The van der Waals surface area contributed by atoms with Crippen molar-refractivity contribution in [1.29, 1.82) is 0 Å². The normalized spacial score (nSPS) is 43.0. The standard InChI is InChI=1S/C39H58N2O3.C2H6/c1-27-21-34-33(41(25-27)20-19-40-35(43)14-13-29-9-6-5-7-10-29)24-39(44-34)18-15-28(2)38(26-37(38,39)4)23-31-12-8-11-30-22-32(42)16-17-36(30,31)3;1-2/h5-7,9-11,27-28,31-34,42H,8,12-26H2,1-4H3,(H,40,43);1-2H3. The van der Waals surface area contributed by atoms with Gasteiger partial charge >= 0.3 is 0 Å². The number of hydrogen-bond donors (Lipinski definition) is 2. The Hall–Kier alpha value is -1.69. The van der Waals surface area contributed by atoms with E-state index in [2.05, 4.69) is 56.1 Å². The van der Waals surface area contributed by atoms with Crippen LogP contribution in [0.1, 0.15) is 124 Å². The first-order chi connectivity index (χ1) is 22.1. The minimum absolute atomic E-state index is 0.00686. The third-order valence-corrected chi connectivity index (χ3v) is 14.4. The van der Waals surface area contributed by atoms with E-state index < -0.39 is 0 Å². The first-order valence-electron chi connectivity index (χ1n) is 19.2. The van der Waals surface area contributed by atoms with Gasteiger partial charge in [-0.15, -0.1) is 0 Å². The molecule has 10 unspecified atom stereocenters. The number of aliphatic hydroxyl groups excluding tert-OH is 1. The number of amides is 1. The van der Waals surface area contributed by atoms with E-state index in [1.165, 1.54) is 50.5 Å². The number of carbonyl (C=O) groups is 1. The number of piperidine rings is 1. The second-order valence-electron chi connectivity index (χ2n) is 16.7. The number of likely N-dealkylation sites (tertiary alicyclic amines) is 1. The summed E-state index contributed by atoms with van der Waals surface area (Å²) in [5.41, 5.74) is 3.68. The van der Waals surface area contributed by atoms with Crippen molar-refractivity contribution < 1.29 is 14.6 Å². The first kappa shape index (κ1) is 34.2. The molecule has 4 aliphatic carbocycles. The predicted molar refractivity (Wildman–Crippen MR) is 187 cm³/mol. The highest BCUT2D eigenvalue weighted by Crippen LogP contribution is 2.82. The van der Waals surface area contributed by atoms with Crippen molar-refractivity contribution in [3.05, 3.63) is 47.5 Å². The third-order valence-electron chi connectivity index (χ3n) is 14.4. The fourth-order valence-electron chi connectivity index (χ4n) is 11.5. The van der Waals surface area contributed by atoms with Crippen molar-refractivity contribution in [1.82, 2.24) is 10.2 Å². The summed E-state index contributed by atoms with van der Waals surface area (Å²) < 4.78 is 7.40. The second kappa shape index (κ2) is 13.3. The Morgan fingerprint density at radius 2 is 1.87 bits per heavy atom. The van der Waals surface area contributed by atoms with E-state index in [1.807, 2.05) is 32.0 Å². The highest BCUT2D eigenvalue weighted by atomic mass is 16.5. The molecule has 256 valence electrons. The SMILES string of the molecule is CC.CC1CC2OC3(CCC(C)C4(CC5CCC=C6CC(O)CCC65C)CC34C)CC2N(CCNC(=O)CCc2ccccc2)C1. The van der Waals surface area contributed by atoms with Crippen molar-refractivity contribution in [2.45, 2.75) is 149 Å². The molecule has 1 aromatic carbocycles. The van der Waals surface area contributed by atoms with Gasteiger partial charge in [0.05, 0.1) is 17.8 Å². The van der Waals surface area contributed by atoms with Crippen LogP contribution in [0, 0.1) is 34.0 Å². The lowest BCUT2D eigenvalue weighted by molar-refractivity contribution is -0.140. The Morgan fingerprint density at radius 1 is 1.09 bits per heavy atom. The van der Waals surface area contributed by atoms with Crippen molar-refractivity contribution in [3.8, 4) is 0 Å². The molecule has 46 heavy (non-hydrogen) atoms. The lowest BCUT2D eigenvalue weighted by Gasteiger charge is -2.52.